The Labute approximate surface area is 157 Å². The summed E-state index contributed by atoms with van der Waals surface area (Å²) in [5.41, 5.74) is 1.60. The highest BCUT2D eigenvalue weighted by atomic mass is 32.2. The Bertz CT molecular complexity index is 800. The molecular formula is C21H28N2O2S. The zero-order chi connectivity index (χ0) is 18.4. The molecule has 2 N–H and O–H groups in total. The van der Waals surface area contributed by atoms with Crippen LogP contribution in [-0.2, 0) is 16.6 Å². The van der Waals surface area contributed by atoms with Crippen molar-refractivity contribution in [1.82, 2.24) is 5.32 Å². The molecule has 4 nitrogen and oxygen atoms in total. The fraction of sp³-hybridized carbons (Fsp3) is 0.429. The van der Waals surface area contributed by atoms with Crippen molar-refractivity contribution in [2.45, 2.75) is 56.5 Å². The van der Waals surface area contributed by atoms with Gasteiger partial charge in [-0.05, 0) is 43.0 Å². The number of benzene rings is 2. The van der Waals surface area contributed by atoms with Gasteiger partial charge in [0.2, 0.25) is 0 Å². The van der Waals surface area contributed by atoms with Crippen molar-refractivity contribution in [2.75, 3.05) is 4.72 Å². The van der Waals surface area contributed by atoms with Gasteiger partial charge in [0.05, 0.1) is 10.6 Å². The third-order valence-electron chi connectivity index (χ3n) is 5.12. The maximum Gasteiger partial charge on any atom is 0.261 e. The molecular weight excluding hydrogens is 344 g/mol. The molecule has 1 fully saturated rings. The largest absolute Gasteiger partial charge is 0.310 e. The maximum atomic E-state index is 12.6. The molecule has 1 aliphatic carbocycles. The van der Waals surface area contributed by atoms with Gasteiger partial charge in [0.15, 0.2) is 0 Å². The van der Waals surface area contributed by atoms with E-state index in [-0.39, 0.29) is 4.90 Å². The molecule has 0 heterocycles. The smallest absolute Gasteiger partial charge is 0.261 e. The number of sulfonamides is 1. The number of rotatable bonds is 8. The summed E-state index contributed by atoms with van der Waals surface area (Å²) in [7, 11) is -3.57. The van der Waals surface area contributed by atoms with Gasteiger partial charge in [0.1, 0.15) is 0 Å². The summed E-state index contributed by atoms with van der Waals surface area (Å²) in [6.45, 7) is 2.87. The summed E-state index contributed by atoms with van der Waals surface area (Å²) in [4.78, 5) is 0.275. The Morgan fingerprint density at radius 2 is 1.65 bits per heavy atom. The lowest BCUT2D eigenvalue weighted by molar-refractivity contribution is 0.404. The van der Waals surface area contributed by atoms with Crippen molar-refractivity contribution >= 4 is 15.7 Å². The standard InChI is InChI=1S/C21H28N2O2S/c1-17(15-18-9-5-6-10-18)22-16-19-11-7-8-14-21(19)23-26(24,25)20-12-3-2-4-13-20/h2-4,7-8,11-14,17-18,22-23H,5-6,9-10,15-16H2,1H3/t17-/m0/s1. The quantitative estimate of drug-likeness (QED) is 0.715. The SMILES string of the molecule is C[C@@H](CC1CCCC1)NCc1ccccc1NS(=O)(=O)c1ccccc1. The van der Waals surface area contributed by atoms with E-state index in [2.05, 4.69) is 17.0 Å². The Hall–Kier alpha value is -1.85. The monoisotopic (exact) mass is 372 g/mol. The van der Waals surface area contributed by atoms with E-state index in [4.69, 9.17) is 0 Å². The molecule has 0 saturated heterocycles. The van der Waals surface area contributed by atoms with Gasteiger partial charge >= 0.3 is 0 Å². The zero-order valence-electron chi connectivity index (χ0n) is 15.3. The first kappa shape index (κ1) is 18.9. The van der Waals surface area contributed by atoms with Crippen LogP contribution in [0.4, 0.5) is 5.69 Å². The second kappa shape index (κ2) is 8.69. The number of hydrogen-bond donors (Lipinski definition) is 2. The van der Waals surface area contributed by atoms with Gasteiger partial charge in [0.25, 0.3) is 10.0 Å². The molecule has 0 radical (unpaired) electrons. The normalized spacial score (nSPS) is 16.5. The molecule has 0 spiro atoms. The fourth-order valence-corrected chi connectivity index (χ4v) is 4.81. The van der Waals surface area contributed by atoms with E-state index in [0.717, 1.165) is 11.5 Å². The number of hydrogen-bond acceptors (Lipinski definition) is 3. The van der Waals surface area contributed by atoms with E-state index in [1.54, 1.807) is 24.3 Å². The van der Waals surface area contributed by atoms with Gasteiger partial charge in [-0.15, -0.1) is 0 Å². The van der Waals surface area contributed by atoms with Gasteiger partial charge in [-0.2, -0.15) is 0 Å². The number of para-hydroxylation sites is 1. The van der Waals surface area contributed by atoms with Gasteiger partial charge in [-0.3, -0.25) is 4.72 Å². The lowest BCUT2D eigenvalue weighted by Gasteiger charge is -2.19. The zero-order valence-corrected chi connectivity index (χ0v) is 16.1. The van der Waals surface area contributed by atoms with E-state index < -0.39 is 10.0 Å². The predicted octanol–water partition coefficient (Wildman–Crippen LogP) is 4.55. The van der Waals surface area contributed by atoms with Crippen LogP contribution in [0, 0.1) is 5.92 Å². The van der Waals surface area contributed by atoms with Crippen molar-refractivity contribution < 1.29 is 8.42 Å². The summed E-state index contributed by atoms with van der Waals surface area (Å²) in [5, 5.41) is 3.56. The Balaban J connectivity index is 1.64. The van der Waals surface area contributed by atoms with E-state index in [1.807, 2.05) is 30.3 Å². The molecule has 2 aromatic carbocycles. The van der Waals surface area contributed by atoms with Crippen LogP contribution in [0.25, 0.3) is 0 Å². The van der Waals surface area contributed by atoms with Gasteiger partial charge in [-0.1, -0.05) is 62.1 Å². The third kappa shape index (κ3) is 5.08. The van der Waals surface area contributed by atoms with Crippen LogP contribution in [0.15, 0.2) is 59.5 Å². The molecule has 1 saturated carbocycles. The molecule has 5 heteroatoms. The van der Waals surface area contributed by atoms with Crippen LogP contribution in [0.1, 0.15) is 44.6 Å². The van der Waals surface area contributed by atoms with Gasteiger partial charge in [-0.25, -0.2) is 8.42 Å². The highest BCUT2D eigenvalue weighted by molar-refractivity contribution is 7.92. The second-order valence-corrected chi connectivity index (χ2v) is 8.93. The van der Waals surface area contributed by atoms with Gasteiger partial charge < -0.3 is 5.32 Å². The lowest BCUT2D eigenvalue weighted by Crippen LogP contribution is -2.28. The minimum atomic E-state index is -3.57. The Morgan fingerprint density at radius 1 is 1.00 bits per heavy atom. The molecule has 0 bridgehead atoms. The number of anilines is 1. The molecule has 2 aromatic rings. The average molecular weight is 373 g/mol. The van der Waals surface area contributed by atoms with Crippen molar-refractivity contribution in [3.8, 4) is 0 Å². The van der Waals surface area contributed by atoms with E-state index in [9.17, 15) is 8.42 Å². The van der Waals surface area contributed by atoms with Crippen LogP contribution in [-0.4, -0.2) is 14.5 Å². The minimum Gasteiger partial charge on any atom is -0.310 e. The van der Waals surface area contributed by atoms with Crippen LogP contribution in [0.2, 0.25) is 0 Å². The van der Waals surface area contributed by atoms with Crippen LogP contribution < -0.4 is 10.0 Å². The molecule has 140 valence electrons. The van der Waals surface area contributed by atoms with E-state index in [1.165, 1.54) is 32.1 Å². The minimum absolute atomic E-state index is 0.275. The second-order valence-electron chi connectivity index (χ2n) is 7.24. The summed E-state index contributed by atoms with van der Waals surface area (Å²) < 4.78 is 27.9. The molecule has 1 atom stereocenters. The highest BCUT2D eigenvalue weighted by Gasteiger charge is 2.18. The van der Waals surface area contributed by atoms with Crippen molar-refractivity contribution in [1.29, 1.82) is 0 Å². The lowest BCUT2D eigenvalue weighted by atomic mass is 9.99. The first-order valence-corrected chi connectivity index (χ1v) is 10.9. The average Bonchev–Trinajstić information content (AvgIpc) is 3.14. The first-order valence-electron chi connectivity index (χ1n) is 9.44. The molecule has 0 aliphatic heterocycles. The van der Waals surface area contributed by atoms with Crippen LogP contribution in [0.5, 0.6) is 0 Å². The summed E-state index contributed by atoms with van der Waals surface area (Å²) in [6, 6.07) is 16.5. The first-order chi connectivity index (χ1) is 12.5. The molecule has 0 unspecified atom stereocenters. The molecule has 26 heavy (non-hydrogen) atoms. The molecule has 0 aromatic heterocycles. The fourth-order valence-electron chi connectivity index (χ4n) is 3.69. The van der Waals surface area contributed by atoms with Gasteiger partial charge in [0, 0.05) is 12.6 Å². The van der Waals surface area contributed by atoms with Crippen molar-refractivity contribution in [2.24, 2.45) is 5.92 Å². The third-order valence-corrected chi connectivity index (χ3v) is 6.50. The van der Waals surface area contributed by atoms with Crippen molar-refractivity contribution in [3.63, 3.8) is 0 Å². The topological polar surface area (TPSA) is 58.2 Å². The molecule has 1 aliphatic rings. The number of nitrogens with one attached hydrogen (secondary N) is 2. The summed E-state index contributed by atoms with van der Waals surface area (Å²) in [5.74, 6) is 0.837. The molecule has 3 rings (SSSR count). The highest BCUT2D eigenvalue weighted by Crippen LogP contribution is 2.28. The van der Waals surface area contributed by atoms with Crippen LogP contribution in [0.3, 0.4) is 0 Å². The van der Waals surface area contributed by atoms with Crippen LogP contribution >= 0.6 is 0 Å². The maximum absolute atomic E-state index is 12.6. The summed E-state index contributed by atoms with van der Waals surface area (Å²) >= 11 is 0. The van der Waals surface area contributed by atoms with E-state index >= 15 is 0 Å². The predicted molar refractivity (Wildman–Crippen MR) is 107 cm³/mol. The van der Waals surface area contributed by atoms with Crippen molar-refractivity contribution in [3.05, 3.63) is 60.2 Å². The Morgan fingerprint density at radius 3 is 2.38 bits per heavy atom. The Kier molecular flexibility index (Phi) is 6.33. The molecule has 0 amide bonds. The summed E-state index contributed by atoms with van der Waals surface area (Å²) in [6.07, 6.45) is 6.61. The van der Waals surface area contributed by atoms with E-state index in [0.29, 0.717) is 18.3 Å².